The predicted octanol–water partition coefficient (Wildman–Crippen LogP) is 2.72. The normalized spacial score (nSPS) is 8.55. The summed E-state index contributed by atoms with van der Waals surface area (Å²) in [6, 6.07) is 0. The summed E-state index contributed by atoms with van der Waals surface area (Å²) in [6.45, 7) is 0. The van der Waals surface area contributed by atoms with Gasteiger partial charge in [-0.3, -0.25) is 9.59 Å². The number of hydrogen-bond donors (Lipinski definition) is 6. The van der Waals surface area contributed by atoms with Crippen molar-refractivity contribution in [3.63, 3.8) is 0 Å². The van der Waals surface area contributed by atoms with E-state index in [1.165, 1.54) is 0 Å². The van der Waals surface area contributed by atoms with E-state index in [1.807, 2.05) is 0 Å². The van der Waals surface area contributed by atoms with Crippen molar-refractivity contribution in [3.8, 4) is 0 Å². The minimum atomic E-state index is -1.83. The lowest BCUT2D eigenvalue weighted by molar-refractivity contribution is -0.138. The molecule has 0 unspecified atom stereocenters. The molecular weight excluding hydrogens is 304 g/mol. The van der Waals surface area contributed by atoms with E-state index >= 15 is 0 Å². The average Bonchev–Trinajstić information content (AvgIpc) is 2.30. The Bertz CT molecular complexity index is 286. The van der Waals surface area contributed by atoms with Crippen molar-refractivity contribution in [1.29, 1.82) is 0 Å². The SMILES string of the molecule is O=C(O)CCCCCCCCC(=O)O.O=C(O)O.O=C(O)O. The molecule has 0 aromatic rings. The van der Waals surface area contributed by atoms with Crippen LogP contribution in [-0.4, -0.2) is 54.9 Å². The predicted molar refractivity (Wildman–Crippen MR) is 73.5 cm³/mol. The Kier molecular flexibility index (Phi) is 20.6. The molecule has 0 aromatic heterocycles. The molecule has 0 radical (unpaired) electrons. The molecule has 0 aliphatic rings. The highest BCUT2D eigenvalue weighted by Crippen LogP contribution is 2.08. The third-order valence-corrected chi connectivity index (χ3v) is 2.03. The van der Waals surface area contributed by atoms with Crippen LogP contribution >= 0.6 is 0 Å². The summed E-state index contributed by atoms with van der Waals surface area (Å²) < 4.78 is 0. The van der Waals surface area contributed by atoms with Gasteiger partial charge in [0.2, 0.25) is 0 Å². The Labute approximate surface area is 126 Å². The first kappa shape index (κ1) is 24.5. The lowest BCUT2D eigenvalue weighted by Crippen LogP contribution is -1.94. The Balaban J connectivity index is -0.000000372. The molecule has 0 rings (SSSR count). The highest BCUT2D eigenvalue weighted by molar-refractivity contribution is 5.66. The average molecular weight is 326 g/mol. The van der Waals surface area contributed by atoms with E-state index < -0.39 is 24.2 Å². The van der Waals surface area contributed by atoms with E-state index in [0.29, 0.717) is 0 Å². The van der Waals surface area contributed by atoms with Crippen molar-refractivity contribution >= 4 is 24.2 Å². The van der Waals surface area contributed by atoms with Crippen LogP contribution in [0.1, 0.15) is 51.4 Å². The second-order valence-electron chi connectivity index (χ2n) is 3.97. The van der Waals surface area contributed by atoms with Gasteiger partial charge in [0, 0.05) is 12.8 Å². The van der Waals surface area contributed by atoms with Gasteiger partial charge in [0.05, 0.1) is 0 Å². The number of carbonyl (C=O) groups is 4. The van der Waals surface area contributed by atoms with Crippen LogP contribution in [0.4, 0.5) is 9.59 Å². The van der Waals surface area contributed by atoms with Crippen molar-refractivity contribution in [1.82, 2.24) is 0 Å². The first-order valence-electron chi connectivity index (χ1n) is 6.37. The van der Waals surface area contributed by atoms with Crippen LogP contribution in [0, 0.1) is 0 Å². The van der Waals surface area contributed by atoms with Crippen molar-refractivity contribution in [2.75, 3.05) is 0 Å². The summed E-state index contributed by atoms with van der Waals surface area (Å²) in [7, 11) is 0. The van der Waals surface area contributed by atoms with Crippen LogP contribution < -0.4 is 0 Å². The molecule has 22 heavy (non-hydrogen) atoms. The maximum atomic E-state index is 10.1. The molecule has 0 bridgehead atoms. The third-order valence-electron chi connectivity index (χ3n) is 2.03. The summed E-state index contributed by atoms with van der Waals surface area (Å²) in [5.41, 5.74) is 0. The topological polar surface area (TPSA) is 190 Å². The van der Waals surface area contributed by atoms with Crippen molar-refractivity contribution in [2.24, 2.45) is 0 Å². The van der Waals surface area contributed by atoms with E-state index in [2.05, 4.69) is 0 Å². The second-order valence-corrected chi connectivity index (χ2v) is 3.97. The summed E-state index contributed by atoms with van der Waals surface area (Å²) in [6.07, 6.45) is 2.16. The first-order chi connectivity index (χ1) is 10.1. The summed E-state index contributed by atoms with van der Waals surface area (Å²) >= 11 is 0. The Morgan fingerprint density at radius 1 is 0.455 bits per heavy atom. The molecule has 6 N–H and O–H groups in total. The van der Waals surface area contributed by atoms with Gasteiger partial charge >= 0.3 is 24.2 Å². The van der Waals surface area contributed by atoms with Crippen molar-refractivity contribution < 1.29 is 49.8 Å². The number of carboxylic acid groups (broad SMARTS) is 6. The molecule has 0 aliphatic carbocycles. The van der Waals surface area contributed by atoms with Gasteiger partial charge < -0.3 is 30.6 Å². The molecule has 0 aromatic carbocycles. The molecule has 0 aliphatic heterocycles. The van der Waals surface area contributed by atoms with Gasteiger partial charge in [-0.1, -0.05) is 25.7 Å². The molecule has 0 heterocycles. The van der Waals surface area contributed by atoms with E-state index in [4.69, 9.17) is 40.2 Å². The minimum Gasteiger partial charge on any atom is -0.481 e. The standard InChI is InChI=1S/C10H18O4.2CH2O3/c11-9(12)7-5-3-1-2-4-6-8-10(13)14;2*2-1(3)4/h1-8H2,(H,11,12)(H,13,14);2*(H2,2,3,4). The fraction of sp³-hybridized carbons (Fsp3) is 0.667. The molecule has 0 spiro atoms. The van der Waals surface area contributed by atoms with Gasteiger partial charge in [0.25, 0.3) is 0 Å². The molecular formula is C12H22O10. The highest BCUT2D eigenvalue weighted by atomic mass is 16.6. The van der Waals surface area contributed by atoms with Gasteiger partial charge in [0.1, 0.15) is 0 Å². The number of rotatable bonds is 9. The quantitative estimate of drug-likeness (QED) is 0.343. The van der Waals surface area contributed by atoms with Crippen molar-refractivity contribution in [3.05, 3.63) is 0 Å². The van der Waals surface area contributed by atoms with E-state index in [9.17, 15) is 9.59 Å². The van der Waals surface area contributed by atoms with Gasteiger partial charge in [-0.2, -0.15) is 0 Å². The van der Waals surface area contributed by atoms with E-state index in [1.54, 1.807) is 0 Å². The van der Waals surface area contributed by atoms with Gasteiger partial charge in [-0.15, -0.1) is 0 Å². The summed E-state index contributed by atoms with van der Waals surface area (Å²) in [4.78, 5) is 37.4. The molecule has 0 saturated carbocycles. The Morgan fingerprint density at radius 2 is 0.636 bits per heavy atom. The van der Waals surface area contributed by atoms with E-state index in [-0.39, 0.29) is 12.8 Å². The molecule has 0 atom stereocenters. The monoisotopic (exact) mass is 326 g/mol. The minimum absolute atomic E-state index is 0.245. The maximum Gasteiger partial charge on any atom is 0.503 e. The van der Waals surface area contributed by atoms with Gasteiger partial charge in [-0.05, 0) is 12.8 Å². The molecule has 0 fully saturated rings. The van der Waals surface area contributed by atoms with Crippen molar-refractivity contribution in [2.45, 2.75) is 51.4 Å². The fourth-order valence-corrected chi connectivity index (χ4v) is 1.26. The number of carboxylic acids is 2. The van der Waals surface area contributed by atoms with Crippen LogP contribution in [0.3, 0.4) is 0 Å². The summed E-state index contributed by atoms with van der Waals surface area (Å²) in [5.74, 6) is -1.48. The second kappa shape index (κ2) is 18.5. The van der Waals surface area contributed by atoms with Crippen LogP contribution in [0.15, 0.2) is 0 Å². The van der Waals surface area contributed by atoms with Gasteiger partial charge in [-0.25, -0.2) is 9.59 Å². The first-order valence-corrected chi connectivity index (χ1v) is 6.37. The fourth-order valence-electron chi connectivity index (χ4n) is 1.26. The third kappa shape index (κ3) is 66.0. The highest BCUT2D eigenvalue weighted by Gasteiger charge is 1.98. The zero-order valence-corrected chi connectivity index (χ0v) is 12.0. The molecule has 10 nitrogen and oxygen atoms in total. The number of unbranched alkanes of at least 4 members (excludes halogenated alkanes) is 5. The lowest BCUT2D eigenvalue weighted by atomic mass is 10.1. The largest absolute Gasteiger partial charge is 0.503 e. The summed E-state index contributed by atoms with van der Waals surface area (Å²) in [5, 5.41) is 44.6. The lowest BCUT2D eigenvalue weighted by Gasteiger charge is -1.98. The van der Waals surface area contributed by atoms with Gasteiger partial charge in [0.15, 0.2) is 0 Å². The Morgan fingerprint density at radius 3 is 0.818 bits per heavy atom. The van der Waals surface area contributed by atoms with E-state index in [0.717, 1.165) is 38.5 Å². The zero-order chi connectivity index (χ0) is 18.0. The molecule has 0 saturated heterocycles. The van der Waals surface area contributed by atoms with Crippen LogP contribution in [-0.2, 0) is 9.59 Å². The van der Waals surface area contributed by atoms with Crippen LogP contribution in [0.2, 0.25) is 0 Å². The number of hydrogen-bond acceptors (Lipinski definition) is 4. The maximum absolute atomic E-state index is 10.1. The van der Waals surface area contributed by atoms with Crippen LogP contribution in [0.25, 0.3) is 0 Å². The van der Waals surface area contributed by atoms with Crippen LogP contribution in [0.5, 0.6) is 0 Å². The molecule has 0 amide bonds. The molecule has 130 valence electrons. The zero-order valence-electron chi connectivity index (χ0n) is 12.0. The Hall–Kier alpha value is -2.52. The smallest absolute Gasteiger partial charge is 0.481 e. The molecule has 10 heteroatoms. The number of aliphatic carboxylic acids is 2.